The lowest BCUT2D eigenvalue weighted by molar-refractivity contribution is -0.134. The fraction of sp³-hybridized carbons (Fsp3) is 0.111. The molecule has 5 nitrogen and oxygen atoms in total. The Kier molecular flexibility index (Phi) is 3.98. The summed E-state index contributed by atoms with van der Waals surface area (Å²) in [6, 6.07) is 2.58. The first-order valence-electron chi connectivity index (χ1n) is 4.10. The second-order valence-corrected chi connectivity index (χ2v) is 3.62. The summed E-state index contributed by atoms with van der Waals surface area (Å²) in [6.45, 7) is -0.444. The summed E-state index contributed by atoms with van der Waals surface area (Å²) < 4.78 is 0. The molecule has 0 unspecified atom stereocenters. The molecule has 0 radical (unpaired) electrons. The molecule has 16 heavy (non-hydrogen) atoms. The number of carboxylic acid groups (broad SMARTS) is 2. The minimum absolute atomic E-state index is 0.00377. The zero-order chi connectivity index (χ0) is 12.3. The Hall–Kier alpha value is -1.46. The van der Waals surface area contributed by atoms with E-state index in [1.807, 2.05) is 0 Å². The fourth-order valence-corrected chi connectivity index (χ4v) is 1.45. The highest BCUT2D eigenvalue weighted by Gasteiger charge is 2.16. The fourth-order valence-electron chi connectivity index (χ4n) is 1.07. The van der Waals surface area contributed by atoms with Crippen LogP contribution in [-0.4, -0.2) is 28.7 Å². The van der Waals surface area contributed by atoms with Crippen LogP contribution in [0.4, 0.5) is 5.69 Å². The molecule has 0 heterocycles. The van der Waals surface area contributed by atoms with Crippen LogP contribution in [0.25, 0.3) is 0 Å². The van der Waals surface area contributed by atoms with E-state index in [0.717, 1.165) is 0 Å². The van der Waals surface area contributed by atoms with E-state index in [-0.39, 0.29) is 21.3 Å². The molecule has 0 aliphatic rings. The van der Waals surface area contributed by atoms with Gasteiger partial charge in [-0.1, -0.05) is 23.2 Å². The first-order chi connectivity index (χ1) is 7.43. The highest BCUT2D eigenvalue weighted by Crippen LogP contribution is 2.33. The van der Waals surface area contributed by atoms with E-state index in [2.05, 4.69) is 5.32 Å². The smallest absolute Gasteiger partial charge is 0.337 e. The maximum atomic E-state index is 10.8. The number of benzene rings is 1. The van der Waals surface area contributed by atoms with E-state index in [1.165, 1.54) is 12.1 Å². The molecule has 0 bridgehead atoms. The lowest BCUT2D eigenvalue weighted by Crippen LogP contribution is -2.15. The summed E-state index contributed by atoms with van der Waals surface area (Å²) in [7, 11) is 0. The van der Waals surface area contributed by atoms with Gasteiger partial charge >= 0.3 is 11.9 Å². The predicted molar refractivity (Wildman–Crippen MR) is 59.5 cm³/mol. The Morgan fingerprint density at radius 1 is 1.25 bits per heavy atom. The minimum atomic E-state index is -1.22. The molecule has 0 aliphatic heterocycles. The number of anilines is 1. The molecule has 0 saturated carbocycles. The number of carboxylic acids is 2. The van der Waals surface area contributed by atoms with Gasteiger partial charge in [0.2, 0.25) is 0 Å². The lowest BCUT2D eigenvalue weighted by Gasteiger charge is -2.10. The first-order valence-corrected chi connectivity index (χ1v) is 4.86. The molecular weight excluding hydrogens is 257 g/mol. The van der Waals surface area contributed by atoms with Gasteiger partial charge in [0.1, 0.15) is 6.54 Å². The molecule has 0 aromatic heterocycles. The van der Waals surface area contributed by atoms with Gasteiger partial charge in [-0.15, -0.1) is 0 Å². The van der Waals surface area contributed by atoms with Crippen molar-refractivity contribution >= 4 is 40.8 Å². The van der Waals surface area contributed by atoms with Crippen molar-refractivity contribution in [2.45, 2.75) is 0 Å². The largest absolute Gasteiger partial charge is 0.480 e. The van der Waals surface area contributed by atoms with Crippen LogP contribution >= 0.6 is 23.2 Å². The molecule has 0 amide bonds. The Morgan fingerprint density at radius 2 is 1.88 bits per heavy atom. The monoisotopic (exact) mass is 263 g/mol. The van der Waals surface area contributed by atoms with Gasteiger partial charge < -0.3 is 15.5 Å². The second-order valence-electron chi connectivity index (χ2n) is 2.84. The summed E-state index contributed by atoms with van der Waals surface area (Å²) in [5.74, 6) is -2.35. The average Bonchev–Trinajstić information content (AvgIpc) is 2.19. The van der Waals surface area contributed by atoms with Crippen LogP contribution in [0, 0.1) is 0 Å². The van der Waals surface area contributed by atoms with E-state index < -0.39 is 18.5 Å². The van der Waals surface area contributed by atoms with Gasteiger partial charge in [-0.05, 0) is 12.1 Å². The van der Waals surface area contributed by atoms with Crippen LogP contribution in [0.15, 0.2) is 12.1 Å². The molecule has 86 valence electrons. The third kappa shape index (κ3) is 2.77. The lowest BCUT2D eigenvalue weighted by atomic mass is 10.2. The van der Waals surface area contributed by atoms with Gasteiger partial charge in [-0.2, -0.15) is 0 Å². The van der Waals surface area contributed by atoms with E-state index in [0.29, 0.717) is 0 Å². The van der Waals surface area contributed by atoms with Crippen molar-refractivity contribution in [2.24, 2.45) is 0 Å². The van der Waals surface area contributed by atoms with Crippen molar-refractivity contribution in [3.05, 3.63) is 27.7 Å². The van der Waals surface area contributed by atoms with Crippen LogP contribution < -0.4 is 5.32 Å². The molecule has 0 aliphatic carbocycles. The Bertz CT molecular complexity index is 447. The van der Waals surface area contributed by atoms with Crippen LogP contribution in [0.1, 0.15) is 10.4 Å². The van der Waals surface area contributed by atoms with Crippen molar-refractivity contribution in [1.82, 2.24) is 0 Å². The quantitative estimate of drug-likeness (QED) is 0.775. The summed E-state index contributed by atoms with van der Waals surface area (Å²) in [5.41, 5.74) is -0.125. The van der Waals surface area contributed by atoms with Gasteiger partial charge in [0.25, 0.3) is 0 Å². The summed E-state index contributed by atoms with van der Waals surface area (Å²) in [4.78, 5) is 21.2. The van der Waals surface area contributed by atoms with Gasteiger partial charge in [0.15, 0.2) is 0 Å². The molecule has 3 N–H and O–H groups in total. The van der Waals surface area contributed by atoms with E-state index in [1.54, 1.807) is 0 Å². The third-order valence-electron chi connectivity index (χ3n) is 1.74. The van der Waals surface area contributed by atoms with Gasteiger partial charge in [0.05, 0.1) is 21.3 Å². The van der Waals surface area contributed by atoms with Crippen LogP contribution in [0.2, 0.25) is 10.0 Å². The molecule has 0 atom stereocenters. The Balaban J connectivity index is 3.15. The molecule has 0 saturated heterocycles. The number of hydrogen-bond donors (Lipinski definition) is 3. The Morgan fingerprint density at radius 3 is 2.38 bits per heavy atom. The normalized spacial score (nSPS) is 9.88. The van der Waals surface area contributed by atoms with Crippen LogP contribution in [0.5, 0.6) is 0 Å². The van der Waals surface area contributed by atoms with Crippen molar-refractivity contribution in [1.29, 1.82) is 0 Å². The molecule has 0 fully saturated rings. The van der Waals surface area contributed by atoms with Gasteiger partial charge in [-0.3, -0.25) is 4.79 Å². The maximum Gasteiger partial charge on any atom is 0.337 e. The van der Waals surface area contributed by atoms with Crippen molar-refractivity contribution < 1.29 is 19.8 Å². The first kappa shape index (κ1) is 12.6. The zero-order valence-electron chi connectivity index (χ0n) is 7.83. The second kappa shape index (κ2) is 5.05. The molecule has 7 heteroatoms. The summed E-state index contributed by atoms with van der Waals surface area (Å²) in [6.07, 6.45) is 0. The summed E-state index contributed by atoms with van der Waals surface area (Å²) >= 11 is 11.5. The average molecular weight is 264 g/mol. The summed E-state index contributed by atoms with van der Waals surface area (Å²) in [5, 5.41) is 19.9. The maximum absolute atomic E-state index is 10.8. The van der Waals surface area contributed by atoms with E-state index >= 15 is 0 Å². The van der Waals surface area contributed by atoms with E-state index in [9.17, 15) is 9.59 Å². The van der Waals surface area contributed by atoms with Crippen molar-refractivity contribution in [3.8, 4) is 0 Å². The van der Waals surface area contributed by atoms with Crippen molar-refractivity contribution in [2.75, 3.05) is 11.9 Å². The standard InChI is InChI=1S/C9H7Cl2NO4/c10-5-2-1-4(9(15)16)8(7(5)11)12-3-6(13)14/h1-2,12H,3H2,(H,13,14)(H,15,16). The minimum Gasteiger partial charge on any atom is -0.480 e. The number of halogens is 2. The topological polar surface area (TPSA) is 86.6 Å². The highest BCUT2D eigenvalue weighted by molar-refractivity contribution is 6.44. The predicted octanol–water partition coefficient (Wildman–Crippen LogP) is 2.19. The molecule has 1 rings (SSSR count). The van der Waals surface area contributed by atoms with Crippen molar-refractivity contribution in [3.63, 3.8) is 0 Å². The molecule has 1 aromatic carbocycles. The zero-order valence-corrected chi connectivity index (χ0v) is 9.34. The number of aliphatic carboxylic acids is 1. The highest BCUT2D eigenvalue weighted by atomic mass is 35.5. The Labute approximate surface area is 101 Å². The van der Waals surface area contributed by atoms with Gasteiger partial charge in [-0.25, -0.2) is 4.79 Å². The number of carbonyl (C=O) groups is 2. The number of hydrogen-bond acceptors (Lipinski definition) is 3. The molecular formula is C9H7Cl2NO4. The number of nitrogens with one attached hydrogen (secondary N) is 1. The van der Waals surface area contributed by atoms with Crippen LogP contribution in [-0.2, 0) is 4.79 Å². The third-order valence-corrected chi connectivity index (χ3v) is 2.55. The number of rotatable bonds is 4. The van der Waals surface area contributed by atoms with Crippen LogP contribution in [0.3, 0.4) is 0 Å². The van der Waals surface area contributed by atoms with Gasteiger partial charge in [0, 0.05) is 0 Å². The SMILES string of the molecule is O=C(O)CNc1c(C(=O)O)ccc(Cl)c1Cl. The number of aromatic carboxylic acids is 1. The molecule has 0 spiro atoms. The van der Waals surface area contributed by atoms with E-state index in [4.69, 9.17) is 33.4 Å². The molecule has 1 aromatic rings.